The van der Waals surface area contributed by atoms with Crippen molar-refractivity contribution < 1.29 is 70.8 Å². The van der Waals surface area contributed by atoms with E-state index in [2.05, 4.69) is 123 Å². The van der Waals surface area contributed by atoms with Gasteiger partial charge in [-0.25, -0.2) is 4.99 Å². The van der Waals surface area contributed by atoms with Crippen molar-refractivity contribution in [3.63, 3.8) is 0 Å². The molecule has 1 aromatic rings. The lowest BCUT2D eigenvalue weighted by Crippen LogP contribution is -2.56. The lowest BCUT2D eigenvalue weighted by atomic mass is 9.78. The molecule has 0 amide bonds. The van der Waals surface area contributed by atoms with Gasteiger partial charge in [0.25, 0.3) is 5.90 Å². The van der Waals surface area contributed by atoms with E-state index in [1.165, 1.54) is 12.1 Å². The van der Waals surface area contributed by atoms with E-state index >= 15 is 0 Å². The van der Waals surface area contributed by atoms with Gasteiger partial charge in [-0.1, -0.05) is 157 Å². The van der Waals surface area contributed by atoms with E-state index < -0.39 is 37.0 Å². The summed E-state index contributed by atoms with van der Waals surface area (Å²) in [6, 6.07) is 7.96. The van der Waals surface area contributed by atoms with Gasteiger partial charge in [0.05, 0.1) is 61.1 Å². The number of benzene rings is 1. The molecule has 2 N–H and O–H groups in total. The number of aliphatic imine (C=N–C) groups is 1. The number of para-hydroxylation sites is 1. The Morgan fingerprint density at radius 2 is 0.753 bits per heavy atom. The van der Waals surface area contributed by atoms with Gasteiger partial charge in [0.2, 0.25) is 6.29 Å². The second-order valence-corrected chi connectivity index (χ2v) is 25.9. The van der Waals surface area contributed by atoms with Gasteiger partial charge < -0.3 is 57.6 Å². The molecule has 0 aliphatic carbocycles. The molecule has 0 bridgehead atoms. The molecule has 0 spiro atoms. The first-order chi connectivity index (χ1) is 38.1. The van der Waals surface area contributed by atoms with Crippen LogP contribution in [-0.4, -0.2) is 121 Å². The van der Waals surface area contributed by atoms with Gasteiger partial charge >= 0.3 is 6.18 Å². The van der Waals surface area contributed by atoms with Gasteiger partial charge in [-0.2, -0.15) is 13.2 Å². The number of halogens is 3. The van der Waals surface area contributed by atoms with Crippen molar-refractivity contribution in [2.75, 3.05) is 6.61 Å². The molecule has 6 aliphatic heterocycles. The van der Waals surface area contributed by atoms with Crippen LogP contribution in [0.25, 0.3) is 0 Å². The first-order valence-corrected chi connectivity index (χ1v) is 31.7. The number of aliphatic hydroxyl groups is 2. The summed E-state index contributed by atoms with van der Waals surface area (Å²) in [6.45, 7) is 45.3. The van der Waals surface area contributed by atoms with Crippen molar-refractivity contribution in [2.24, 2.45) is 93.8 Å². The predicted molar refractivity (Wildman–Crippen MR) is 311 cm³/mol. The topological polar surface area (TPSA) is 145 Å². The maximum absolute atomic E-state index is 14.0. The zero-order valence-electron chi connectivity index (χ0n) is 53.5. The average molecular weight is 1160 g/mol. The van der Waals surface area contributed by atoms with Crippen LogP contribution in [0.2, 0.25) is 0 Å². The average Bonchev–Trinajstić information content (AvgIpc) is 3.44. The van der Waals surface area contributed by atoms with E-state index in [9.17, 15) is 23.4 Å². The quantitative estimate of drug-likeness (QED) is 0.135. The molecule has 470 valence electrons. The fourth-order valence-corrected chi connectivity index (χ4v) is 13.6. The van der Waals surface area contributed by atoms with Gasteiger partial charge in [0.1, 0.15) is 12.2 Å². The molecule has 13 nitrogen and oxygen atoms in total. The van der Waals surface area contributed by atoms with Crippen LogP contribution < -0.4 is 0 Å². The molecule has 6 fully saturated rings. The third-order valence-electron chi connectivity index (χ3n) is 21.3. The van der Waals surface area contributed by atoms with Gasteiger partial charge in [-0.3, -0.25) is 0 Å². The minimum Gasteiger partial charge on any atom is -0.441 e. The van der Waals surface area contributed by atoms with Gasteiger partial charge in [-0.15, -0.1) is 0 Å². The molecular weight excluding hydrogens is 1040 g/mol. The van der Waals surface area contributed by atoms with Crippen LogP contribution in [0.5, 0.6) is 0 Å². The zero-order valence-corrected chi connectivity index (χ0v) is 53.5. The fraction of sp³-hybridized carbons (Fsp3) is 0.892. The van der Waals surface area contributed by atoms with E-state index in [0.717, 1.165) is 25.7 Å². The van der Waals surface area contributed by atoms with Crippen molar-refractivity contribution in [1.29, 1.82) is 0 Å². The van der Waals surface area contributed by atoms with E-state index in [0.29, 0.717) is 65.6 Å². The van der Waals surface area contributed by atoms with Crippen molar-refractivity contribution >= 4 is 11.6 Å². The number of aliphatic hydroxyl groups excluding tert-OH is 2. The van der Waals surface area contributed by atoms with Crippen LogP contribution in [0.15, 0.2) is 35.3 Å². The van der Waals surface area contributed by atoms with E-state index in [4.69, 9.17) is 47.4 Å². The number of nitrogens with zero attached hydrogens (tertiary/aromatic N) is 1. The Kier molecular flexibility index (Phi) is 26.8. The third-order valence-corrected chi connectivity index (χ3v) is 21.3. The highest BCUT2D eigenvalue weighted by Crippen LogP contribution is 2.45. The minimum atomic E-state index is -4.79. The fourth-order valence-electron chi connectivity index (χ4n) is 13.6. The van der Waals surface area contributed by atoms with Crippen LogP contribution in [0, 0.1) is 88.8 Å². The third kappa shape index (κ3) is 16.8. The van der Waals surface area contributed by atoms with E-state index in [-0.39, 0.29) is 109 Å². The monoisotopic (exact) mass is 1160 g/mol. The molecule has 7 rings (SSSR count). The Morgan fingerprint density at radius 1 is 0.420 bits per heavy atom. The molecular formula is C65H112F3NO12. The second kappa shape index (κ2) is 31.1. The number of rotatable bonds is 14. The standard InChI is InChI=1S/C27H40F3NO4.2C19H36O4/c1-8-21-16(4)15(3)19(7)24(32-21)34-23-18(6)17(5)22(9-2)33-25(23)35-26(27(28,29)30)31-20-13-11-10-12-14-20;1-8-16-11(3)10(2)14(6)19(22-16)23-18-13(5)12(4)17(9-20)21-15(18)7;1-8-15-12(5)13(6)17(18(20)21-15)23-19-14(7)10(3)11(4)16(9-2)22-19/h10-19,21-25H,8-9H2,1-7H3;2*10-20H,8-9H2,1-7H3/t15-,16-,17?,18-,19?,21?,22-,23?,24+,25?;10-,11-,12?,13-,14?,15?,16?,17-,18?,19+;10-,11-,12?,13-,14?,15-,16?,17?,18?,19+/m000/s1. The Bertz CT molecular complexity index is 1930. The highest BCUT2D eigenvalue weighted by molar-refractivity contribution is 5.84. The summed E-state index contributed by atoms with van der Waals surface area (Å²) in [6.07, 6.45) is -4.29. The minimum absolute atomic E-state index is 0.0124. The highest BCUT2D eigenvalue weighted by atomic mass is 19.4. The summed E-state index contributed by atoms with van der Waals surface area (Å²) in [5.74, 6) is 3.50. The van der Waals surface area contributed by atoms with Gasteiger partial charge in [0.15, 0.2) is 25.2 Å². The van der Waals surface area contributed by atoms with E-state index in [1.54, 1.807) is 18.2 Å². The lowest BCUT2D eigenvalue weighted by molar-refractivity contribution is -0.329. The van der Waals surface area contributed by atoms with Crippen molar-refractivity contribution in [3.8, 4) is 0 Å². The van der Waals surface area contributed by atoms with Crippen molar-refractivity contribution in [2.45, 2.75) is 276 Å². The van der Waals surface area contributed by atoms with Crippen LogP contribution in [0.4, 0.5) is 18.9 Å². The van der Waals surface area contributed by atoms with Crippen LogP contribution in [-0.2, 0) is 47.4 Å². The molecule has 81 heavy (non-hydrogen) atoms. The summed E-state index contributed by atoms with van der Waals surface area (Å²) in [4.78, 5) is 3.77. The summed E-state index contributed by atoms with van der Waals surface area (Å²) in [5, 5.41) is 19.9. The predicted octanol–water partition coefficient (Wildman–Crippen LogP) is 14.4. The molecule has 6 saturated heterocycles. The molecule has 16 heteroatoms. The largest absolute Gasteiger partial charge is 0.468 e. The summed E-state index contributed by atoms with van der Waals surface area (Å²) >= 11 is 0. The lowest BCUT2D eigenvalue weighted by Gasteiger charge is -2.48. The SMILES string of the molecule is CCC1O[C@H](OC2C(C)O[C@@H](CO)C(C)[C@@H]2C)C(C)[C@@H](C)[C@@H]1C.CCC1O[C@H](OC2C(O)O[C@@H](CC)C(C)[C@@H]2C)C(C)[C@@H](C)[C@@H]1C.CCC1O[C@H](OC2C(OC(=Nc3ccccc3)C(F)(F)F)O[C@@H](CC)C(C)[C@@H]2C)C(C)[C@@H](C)[C@@H]1C. The Morgan fingerprint density at radius 3 is 1.15 bits per heavy atom. The maximum Gasteiger partial charge on any atom is 0.468 e. The smallest absolute Gasteiger partial charge is 0.441 e. The molecule has 1 aromatic carbocycles. The van der Waals surface area contributed by atoms with Gasteiger partial charge in [0, 0.05) is 17.8 Å². The van der Waals surface area contributed by atoms with Crippen LogP contribution >= 0.6 is 0 Å². The molecule has 0 saturated carbocycles. The van der Waals surface area contributed by atoms with Gasteiger partial charge in [-0.05, 0) is 122 Å². The molecule has 6 aliphatic rings. The Balaban J connectivity index is 0.000000231. The summed E-state index contributed by atoms with van der Waals surface area (Å²) < 4.78 is 103. The zero-order chi connectivity index (χ0) is 60.5. The van der Waals surface area contributed by atoms with Crippen LogP contribution in [0.1, 0.15) is 178 Å². The number of hydrogen-bond donors (Lipinski definition) is 2. The van der Waals surface area contributed by atoms with Crippen molar-refractivity contribution in [3.05, 3.63) is 30.3 Å². The van der Waals surface area contributed by atoms with Crippen LogP contribution in [0.3, 0.4) is 0 Å². The Hall–Kier alpha value is -1.96. The Labute approximate surface area is 487 Å². The maximum atomic E-state index is 14.0. The summed E-state index contributed by atoms with van der Waals surface area (Å²) in [5.41, 5.74) is 0.152. The highest BCUT2D eigenvalue weighted by Gasteiger charge is 2.51. The molecule has 6 heterocycles. The van der Waals surface area contributed by atoms with E-state index in [1.807, 2.05) is 27.7 Å². The first-order valence-electron chi connectivity index (χ1n) is 31.7. The molecule has 30 atom stereocenters. The van der Waals surface area contributed by atoms with Crippen molar-refractivity contribution in [1.82, 2.24) is 0 Å². The first kappa shape index (κ1) is 69.8. The second-order valence-electron chi connectivity index (χ2n) is 25.9. The number of alkyl halides is 3. The normalized spacial score (nSPS) is 46.1. The number of ether oxygens (including phenoxy) is 10. The summed E-state index contributed by atoms with van der Waals surface area (Å²) in [7, 11) is 0. The molecule has 0 radical (unpaired) electrons. The molecule has 15 unspecified atom stereocenters. The molecule has 0 aromatic heterocycles. The number of hydrogen-bond acceptors (Lipinski definition) is 13.